The molecule has 3 atom stereocenters. The second-order valence-electron chi connectivity index (χ2n) is 7.32. The Bertz CT molecular complexity index is 991. The Morgan fingerprint density at radius 3 is 2.70 bits per heavy atom. The molecule has 2 N–H and O–H groups in total. The number of carbonyl (C=O) groups is 2. The van der Waals surface area contributed by atoms with Crippen LogP contribution in [0.3, 0.4) is 0 Å². The molecule has 1 aromatic heterocycles. The van der Waals surface area contributed by atoms with E-state index in [-0.39, 0.29) is 29.5 Å². The number of rotatable bonds is 8. The summed E-state index contributed by atoms with van der Waals surface area (Å²) in [5.74, 6) is -0.935. The lowest BCUT2D eigenvalue weighted by Gasteiger charge is -2.43. The van der Waals surface area contributed by atoms with Crippen LogP contribution in [0.25, 0.3) is 0 Å². The first-order chi connectivity index (χ1) is 14.6. The topological polar surface area (TPSA) is 82.5 Å². The number of fused-ring (bicyclic) bond motifs is 1. The van der Waals surface area contributed by atoms with E-state index in [1.807, 2.05) is 67.6 Å². The smallest absolute Gasteiger partial charge is 0.353 e. The van der Waals surface area contributed by atoms with Crippen LogP contribution in [-0.2, 0) is 15.3 Å². The van der Waals surface area contributed by atoms with Gasteiger partial charge in [0.25, 0.3) is 0 Å². The number of para-hydroxylation sites is 1. The molecule has 7 heteroatoms. The Balaban J connectivity index is 1.43. The number of carboxylic acid groups (broad SMARTS) is 1. The number of carboxylic acids is 1. The zero-order valence-electron chi connectivity index (χ0n) is 16.6. The van der Waals surface area contributed by atoms with Gasteiger partial charge in [0.05, 0.1) is 17.7 Å². The molecule has 2 aliphatic heterocycles. The normalized spacial score (nSPS) is 22.9. The molecule has 30 heavy (non-hydrogen) atoms. The second kappa shape index (κ2) is 8.75. The van der Waals surface area contributed by atoms with Crippen LogP contribution in [0.1, 0.15) is 12.6 Å². The lowest BCUT2D eigenvalue weighted by atomic mass is 9.82. The third-order valence-corrected chi connectivity index (χ3v) is 6.75. The number of β-lactam (4-membered cyclic amide) rings is 1. The minimum atomic E-state index is -1.05. The number of pyridine rings is 1. The monoisotopic (exact) mass is 421 g/mol. The fourth-order valence-electron chi connectivity index (χ4n) is 4.00. The van der Waals surface area contributed by atoms with Crippen LogP contribution in [0, 0.1) is 11.8 Å². The van der Waals surface area contributed by atoms with E-state index in [1.165, 1.54) is 16.7 Å². The van der Waals surface area contributed by atoms with Gasteiger partial charge in [-0.05, 0) is 24.3 Å². The van der Waals surface area contributed by atoms with E-state index in [2.05, 4.69) is 10.3 Å². The molecule has 0 radical (unpaired) electrons. The highest BCUT2D eigenvalue weighted by Gasteiger charge is 2.57. The predicted molar refractivity (Wildman–Crippen MR) is 118 cm³/mol. The van der Waals surface area contributed by atoms with Gasteiger partial charge in [-0.3, -0.25) is 14.7 Å². The molecule has 1 saturated heterocycles. The van der Waals surface area contributed by atoms with E-state index in [0.717, 1.165) is 16.3 Å². The van der Waals surface area contributed by atoms with Crippen molar-refractivity contribution < 1.29 is 14.7 Å². The summed E-state index contributed by atoms with van der Waals surface area (Å²) in [6.07, 6.45) is 5.57. The van der Waals surface area contributed by atoms with Gasteiger partial charge in [-0.2, -0.15) is 0 Å². The maximum absolute atomic E-state index is 12.7. The van der Waals surface area contributed by atoms with E-state index in [4.69, 9.17) is 0 Å². The number of nitrogens with zero attached hydrogens (tertiary/aromatic N) is 2. The number of amides is 1. The van der Waals surface area contributed by atoms with Gasteiger partial charge in [-0.25, -0.2) is 4.79 Å². The largest absolute Gasteiger partial charge is 0.477 e. The zero-order valence-corrected chi connectivity index (χ0v) is 17.4. The molecule has 3 heterocycles. The van der Waals surface area contributed by atoms with Gasteiger partial charge < -0.3 is 10.4 Å². The highest BCUT2D eigenvalue weighted by Crippen LogP contribution is 2.50. The number of thioether (sulfide) groups is 1. The molecule has 0 saturated carbocycles. The van der Waals surface area contributed by atoms with E-state index >= 15 is 0 Å². The summed E-state index contributed by atoms with van der Waals surface area (Å²) in [4.78, 5) is 31.2. The number of hydrogen-bond acceptors (Lipinski definition) is 5. The van der Waals surface area contributed by atoms with Gasteiger partial charge >= 0.3 is 5.97 Å². The summed E-state index contributed by atoms with van der Waals surface area (Å²) in [7, 11) is 0. The van der Waals surface area contributed by atoms with Gasteiger partial charge in [0.15, 0.2) is 0 Å². The van der Waals surface area contributed by atoms with Crippen molar-refractivity contribution in [2.45, 2.75) is 18.7 Å². The average Bonchev–Trinajstić information content (AvgIpc) is 3.02. The quantitative estimate of drug-likeness (QED) is 0.499. The van der Waals surface area contributed by atoms with Crippen molar-refractivity contribution in [1.82, 2.24) is 9.88 Å². The maximum atomic E-state index is 12.7. The lowest BCUT2D eigenvalue weighted by Crippen LogP contribution is -2.59. The number of carbonyl (C=O) groups excluding carboxylic acids is 1. The standard InChI is InChI=1S/C23H23N3O3S/c1-15-19-18(11-7-13-24-16-8-3-2-4-9-16)22(27)26(19)20(23(28)29)21(15)30-14-17-10-5-6-12-25-17/h2-12,15,18-19,24H,13-14H2,1H3,(H,28,29)/b11-7+/t15-,18-,19?/m1/s1. The minimum absolute atomic E-state index is 0.0285. The molecule has 2 aromatic rings. The molecular weight excluding hydrogens is 398 g/mol. The van der Waals surface area contributed by atoms with Gasteiger partial charge in [0, 0.05) is 35.0 Å². The van der Waals surface area contributed by atoms with Crippen LogP contribution in [0.4, 0.5) is 5.69 Å². The summed E-state index contributed by atoms with van der Waals surface area (Å²) in [6, 6.07) is 15.4. The number of benzene rings is 1. The predicted octanol–water partition coefficient (Wildman–Crippen LogP) is 3.76. The SMILES string of the molecule is C[C@H]1C(SCc2ccccn2)=C(C(=O)O)N2C(=O)[C@H](/C=C/CNc3ccccc3)C12. The number of hydrogen-bond donors (Lipinski definition) is 2. The van der Waals surface area contributed by atoms with Crippen molar-refractivity contribution >= 4 is 29.3 Å². The van der Waals surface area contributed by atoms with E-state index in [9.17, 15) is 14.7 Å². The first kappa shape index (κ1) is 20.2. The Labute approximate surface area is 179 Å². The molecule has 1 amide bonds. The molecule has 4 rings (SSSR count). The van der Waals surface area contributed by atoms with Crippen LogP contribution < -0.4 is 5.32 Å². The second-order valence-corrected chi connectivity index (χ2v) is 8.33. The first-order valence-corrected chi connectivity index (χ1v) is 10.9. The van der Waals surface area contributed by atoms with Crippen molar-refractivity contribution in [1.29, 1.82) is 0 Å². The van der Waals surface area contributed by atoms with E-state index in [0.29, 0.717) is 12.3 Å². The molecule has 1 aromatic carbocycles. The van der Waals surface area contributed by atoms with E-state index in [1.54, 1.807) is 6.20 Å². The minimum Gasteiger partial charge on any atom is -0.477 e. The highest BCUT2D eigenvalue weighted by atomic mass is 32.2. The Morgan fingerprint density at radius 1 is 1.23 bits per heavy atom. The fourth-order valence-corrected chi connectivity index (χ4v) is 5.20. The molecule has 0 spiro atoms. The van der Waals surface area contributed by atoms with Gasteiger partial charge in [0.2, 0.25) is 5.91 Å². The van der Waals surface area contributed by atoms with Crippen molar-refractivity contribution in [3.8, 4) is 0 Å². The van der Waals surface area contributed by atoms with Crippen molar-refractivity contribution in [2.24, 2.45) is 11.8 Å². The van der Waals surface area contributed by atoms with Gasteiger partial charge in [0.1, 0.15) is 5.70 Å². The van der Waals surface area contributed by atoms with Crippen molar-refractivity contribution in [3.05, 3.63) is 83.2 Å². The number of aromatic nitrogens is 1. The van der Waals surface area contributed by atoms with Crippen LogP contribution in [0.2, 0.25) is 0 Å². The van der Waals surface area contributed by atoms with Crippen LogP contribution in [0.5, 0.6) is 0 Å². The molecule has 0 bridgehead atoms. The molecule has 1 unspecified atom stereocenters. The molecular formula is C23H23N3O3S. The Hall–Kier alpha value is -3.06. The molecule has 1 fully saturated rings. The zero-order chi connectivity index (χ0) is 21.1. The maximum Gasteiger partial charge on any atom is 0.353 e. The van der Waals surface area contributed by atoms with Crippen molar-refractivity contribution in [2.75, 3.05) is 11.9 Å². The summed E-state index contributed by atoms with van der Waals surface area (Å²) < 4.78 is 0. The molecule has 0 aliphatic carbocycles. The summed E-state index contributed by atoms with van der Waals surface area (Å²) in [5.41, 5.74) is 2.03. The lowest BCUT2D eigenvalue weighted by molar-refractivity contribution is -0.153. The van der Waals surface area contributed by atoms with Gasteiger partial charge in [-0.15, -0.1) is 11.8 Å². The molecule has 154 valence electrons. The van der Waals surface area contributed by atoms with Crippen LogP contribution in [0.15, 0.2) is 77.5 Å². The third kappa shape index (κ3) is 3.85. The van der Waals surface area contributed by atoms with Crippen molar-refractivity contribution in [3.63, 3.8) is 0 Å². The molecule has 6 nitrogen and oxygen atoms in total. The average molecular weight is 422 g/mol. The third-order valence-electron chi connectivity index (χ3n) is 5.43. The molecule has 2 aliphatic rings. The highest BCUT2D eigenvalue weighted by molar-refractivity contribution is 8.02. The number of anilines is 1. The van der Waals surface area contributed by atoms with Crippen LogP contribution >= 0.6 is 11.8 Å². The van der Waals surface area contributed by atoms with Crippen LogP contribution in [-0.4, -0.2) is 39.5 Å². The Kier molecular flexibility index (Phi) is 5.90. The first-order valence-electron chi connectivity index (χ1n) is 9.86. The van der Waals surface area contributed by atoms with Gasteiger partial charge in [-0.1, -0.05) is 43.3 Å². The summed E-state index contributed by atoms with van der Waals surface area (Å²) in [6.45, 7) is 2.61. The van der Waals surface area contributed by atoms with E-state index < -0.39 is 5.97 Å². The Morgan fingerprint density at radius 2 is 2.00 bits per heavy atom. The summed E-state index contributed by atoms with van der Waals surface area (Å²) >= 11 is 1.46. The summed E-state index contributed by atoms with van der Waals surface area (Å²) in [5, 5.41) is 13.0. The number of nitrogens with one attached hydrogen (secondary N) is 1. The number of aliphatic carboxylic acids is 1. The fraction of sp³-hybridized carbons (Fsp3) is 0.261.